The van der Waals surface area contributed by atoms with Crippen molar-refractivity contribution in [2.24, 2.45) is 5.16 Å². The van der Waals surface area contributed by atoms with E-state index in [4.69, 9.17) is 11.6 Å². The van der Waals surface area contributed by atoms with Crippen molar-refractivity contribution in [1.82, 2.24) is 5.32 Å². The standard InChI is InChI=1S/C11H10ClF3N2O2/c12-9-3-1-8(2-4-9)5-17-19-6-10(18)16-7-11(13,14)15/h1-5H,6-7H2,(H,16,18)/b17-5+. The van der Waals surface area contributed by atoms with Crippen molar-refractivity contribution in [2.45, 2.75) is 6.18 Å². The maximum Gasteiger partial charge on any atom is 0.405 e. The molecular weight excluding hydrogens is 285 g/mol. The van der Waals surface area contributed by atoms with E-state index in [2.05, 4.69) is 9.99 Å². The van der Waals surface area contributed by atoms with E-state index in [9.17, 15) is 18.0 Å². The lowest BCUT2D eigenvalue weighted by Crippen LogP contribution is -2.35. The van der Waals surface area contributed by atoms with E-state index >= 15 is 0 Å². The second-order valence-electron chi connectivity index (χ2n) is 3.45. The average molecular weight is 295 g/mol. The molecule has 1 aromatic rings. The molecule has 0 spiro atoms. The van der Waals surface area contributed by atoms with Crippen LogP contribution in [0, 0.1) is 0 Å². The van der Waals surface area contributed by atoms with Crippen LogP contribution in [0.2, 0.25) is 5.02 Å². The molecule has 0 heterocycles. The van der Waals surface area contributed by atoms with Crippen LogP contribution in [0.5, 0.6) is 0 Å². The first-order chi connectivity index (χ1) is 8.87. The highest BCUT2D eigenvalue weighted by atomic mass is 35.5. The Morgan fingerprint density at radius 3 is 2.58 bits per heavy atom. The van der Waals surface area contributed by atoms with E-state index in [1.807, 2.05) is 0 Å². The molecule has 0 aliphatic carbocycles. The minimum absolute atomic E-state index is 0.560. The van der Waals surface area contributed by atoms with Crippen LogP contribution in [0.1, 0.15) is 5.56 Å². The first-order valence-electron chi connectivity index (χ1n) is 5.11. The summed E-state index contributed by atoms with van der Waals surface area (Å²) in [7, 11) is 0. The molecule has 0 saturated carbocycles. The van der Waals surface area contributed by atoms with Crippen molar-refractivity contribution in [3.8, 4) is 0 Å². The van der Waals surface area contributed by atoms with Gasteiger partial charge in [0.1, 0.15) is 6.54 Å². The molecule has 4 nitrogen and oxygen atoms in total. The quantitative estimate of drug-likeness (QED) is 0.669. The van der Waals surface area contributed by atoms with Gasteiger partial charge in [-0.25, -0.2) is 0 Å². The highest BCUT2D eigenvalue weighted by Crippen LogP contribution is 2.12. The molecular formula is C11H10ClF3N2O2. The maximum absolute atomic E-state index is 11.8. The molecule has 0 atom stereocenters. The number of carbonyl (C=O) groups is 1. The summed E-state index contributed by atoms with van der Waals surface area (Å²) >= 11 is 5.67. The van der Waals surface area contributed by atoms with Crippen molar-refractivity contribution in [3.63, 3.8) is 0 Å². The van der Waals surface area contributed by atoms with Crippen LogP contribution < -0.4 is 5.32 Å². The summed E-state index contributed by atoms with van der Waals surface area (Å²) in [5.41, 5.74) is 0.681. The van der Waals surface area contributed by atoms with Gasteiger partial charge in [-0.3, -0.25) is 4.79 Å². The zero-order valence-electron chi connectivity index (χ0n) is 9.58. The Bertz CT molecular complexity index is 446. The zero-order chi connectivity index (χ0) is 14.3. The van der Waals surface area contributed by atoms with Crippen LogP contribution in [-0.2, 0) is 9.63 Å². The number of nitrogens with one attached hydrogen (secondary N) is 1. The van der Waals surface area contributed by atoms with Gasteiger partial charge >= 0.3 is 6.18 Å². The first-order valence-corrected chi connectivity index (χ1v) is 5.49. The summed E-state index contributed by atoms with van der Waals surface area (Å²) in [6, 6.07) is 6.61. The lowest BCUT2D eigenvalue weighted by atomic mass is 10.2. The minimum Gasteiger partial charge on any atom is -0.386 e. The number of nitrogens with zero attached hydrogens (tertiary/aromatic N) is 1. The largest absolute Gasteiger partial charge is 0.405 e. The summed E-state index contributed by atoms with van der Waals surface area (Å²) in [5.74, 6) is -0.898. The molecule has 1 aromatic carbocycles. The molecule has 0 fully saturated rings. The van der Waals surface area contributed by atoms with Gasteiger partial charge in [0.25, 0.3) is 5.91 Å². The number of alkyl halides is 3. The van der Waals surface area contributed by atoms with E-state index in [1.54, 1.807) is 29.6 Å². The van der Waals surface area contributed by atoms with Gasteiger partial charge in [0, 0.05) is 5.02 Å². The van der Waals surface area contributed by atoms with Crippen LogP contribution in [-0.4, -0.2) is 31.4 Å². The van der Waals surface area contributed by atoms with E-state index < -0.39 is 25.2 Å². The van der Waals surface area contributed by atoms with Crippen molar-refractivity contribution in [3.05, 3.63) is 34.9 Å². The first kappa shape index (κ1) is 15.3. The van der Waals surface area contributed by atoms with E-state index in [0.29, 0.717) is 10.6 Å². The Morgan fingerprint density at radius 2 is 2.00 bits per heavy atom. The van der Waals surface area contributed by atoms with Crippen molar-refractivity contribution in [1.29, 1.82) is 0 Å². The number of hydrogen-bond donors (Lipinski definition) is 1. The molecule has 0 aliphatic rings. The second-order valence-corrected chi connectivity index (χ2v) is 3.89. The van der Waals surface area contributed by atoms with E-state index in [0.717, 1.165) is 0 Å². The molecule has 0 aliphatic heterocycles. The van der Waals surface area contributed by atoms with Gasteiger partial charge in [-0.2, -0.15) is 13.2 Å². The Labute approximate surface area is 112 Å². The molecule has 1 amide bonds. The normalized spacial score (nSPS) is 11.6. The lowest BCUT2D eigenvalue weighted by Gasteiger charge is -2.07. The lowest BCUT2D eigenvalue weighted by molar-refractivity contribution is -0.141. The number of halogens is 4. The number of rotatable bonds is 5. The molecule has 104 valence electrons. The Kier molecular flexibility index (Phi) is 5.62. The van der Waals surface area contributed by atoms with Crippen molar-refractivity contribution in [2.75, 3.05) is 13.2 Å². The van der Waals surface area contributed by atoms with Gasteiger partial charge in [-0.15, -0.1) is 0 Å². The highest BCUT2D eigenvalue weighted by Gasteiger charge is 2.27. The summed E-state index contributed by atoms with van der Waals surface area (Å²) in [6.45, 7) is -1.98. The van der Waals surface area contributed by atoms with Crippen molar-refractivity contribution >= 4 is 23.7 Å². The molecule has 1 rings (SSSR count). The van der Waals surface area contributed by atoms with Gasteiger partial charge in [-0.05, 0) is 17.7 Å². The molecule has 0 bridgehead atoms. The average Bonchev–Trinajstić information content (AvgIpc) is 2.33. The fourth-order valence-electron chi connectivity index (χ4n) is 0.993. The molecule has 0 radical (unpaired) electrons. The smallest absolute Gasteiger partial charge is 0.386 e. The van der Waals surface area contributed by atoms with Gasteiger partial charge in [0.05, 0.1) is 6.21 Å². The molecule has 19 heavy (non-hydrogen) atoms. The predicted octanol–water partition coefficient (Wildman–Crippen LogP) is 2.37. The van der Waals surface area contributed by atoms with Gasteiger partial charge in [-0.1, -0.05) is 28.9 Å². The van der Waals surface area contributed by atoms with E-state index in [-0.39, 0.29) is 0 Å². The number of oxime groups is 1. The Hall–Kier alpha value is -1.76. The van der Waals surface area contributed by atoms with Crippen LogP contribution in [0.3, 0.4) is 0 Å². The zero-order valence-corrected chi connectivity index (χ0v) is 10.3. The van der Waals surface area contributed by atoms with Crippen LogP contribution in [0.15, 0.2) is 29.4 Å². The molecule has 0 unspecified atom stereocenters. The van der Waals surface area contributed by atoms with Crippen LogP contribution in [0.25, 0.3) is 0 Å². The third-order valence-electron chi connectivity index (χ3n) is 1.83. The number of carbonyl (C=O) groups excluding carboxylic acids is 1. The van der Waals surface area contributed by atoms with Crippen LogP contribution >= 0.6 is 11.6 Å². The maximum atomic E-state index is 11.8. The number of hydrogen-bond acceptors (Lipinski definition) is 3. The molecule has 8 heteroatoms. The summed E-state index contributed by atoms with van der Waals surface area (Å²) in [4.78, 5) is 15.5. The monoisotopic (exact) mass is 294 g/mol. The Balaban J connectivity index is 2.26. The number of amides is 1. The third kappa shape index (κ3) is 7.30. The third-order valence-corrected chi connectivity index (χ3v) is 2.08. The van der Waals surface area contributed by atoms with E-state index in [1.165, 1.54) is 6.21 Å². The van der Waals surface area contributed by atoms with Crippen molar-refractivity contribution < 1.29 is 22.8 Å². The number of benzene rings is 1. The van der Waals surface area contributed by atoms with Gasteiger partial charge in [0.15, 0.2) is 6.61 Å². The Morgan fingerprint density at radius 1 is 1.37 bits per heavy atom. The second kappa shape index (κ2) is 6.98. The fraction of sp³-hybridized carbons (Fsp3) is 0.273. The predicted molar refractivity (Wildman–Crippen MR) is 64.1 cm³/mol. The van der Waals surface area contributed by atoms with Crippen LogP contribution in [0.4, 0.5) is 13.2 Å². The minimum atomic E-state index is -4.44. The molecule has 0 aromatic heterocycles. The summed E-state index contributed by atoms with van der Waals surface area (Å²) < 4.78 is 35.3. The SMILES string of the molecule is O=C(CO/N=C/c1ccc(Cl)cc1)NCC(F)(F)F. The summed E-state index contributed by atoms with van der Waals surface area (Å²) in [6.07, 6.45) is -3.13. The molecule has 0 saturated heterocycles. The topological polar surface area (TPSA) is 50.7 Å². The fourth-order valence-corrected chi connectivity index (χ4v) is 1.12. The van der Waals surface area contributed by atoms with Gasteiger partial charge in [0.2, 0.25) is 0 Å². The highest BCUT2D eigenvalue weighted by molar-refractivity contribution is 6.30. The molecule has 1 N–H and O–H groups in total. The summed E-state index contributed by atoms with van der Waals surface area (Å²) in [5, 5.41) is 5.65. The van der Waals surface area contributed by atoms with Gasteiger partial charge < -0.3 is 10.2 Å².